The van der Waals surface area contributed by atoms with E-state index < -0.39 is 5.60 Å². The Kier molecular flexibility index (Phi) is 7.51. The van der Waals surface area contributed by atoms with Crippen LogP contribution in [0.2, 0.25) is 0 Å². The van der Waals surface area contributed by atoms with Crippen LogP contribution in [0.5, 0.6) is 0 Å². The Bertz CT molecular complexity index is 501. The van der Waals surface area contributed by atoms with E-state index in [1.165, 1.54) is 12.0 Å². The number of hydrogen-bond acceptors (Lipinski definition) is 5. The summed E-state index contributed by atoms with van der Waals surface area (Å²) in [5.74, 6) is 0.592. The van der Waals surface area contributed by atoms with Crippen molar-refractivity contribution in [3.8, 4) is 0 Å². The predicted molar refractivity (Wildman–Crippen MR) is 96.5 cm³/mol. The van der Waals surface area contributed by atoms with E-state index in [1.807, 2.05) is 32.6 Å². The molecule has 0 spiro atoms. The van der Waals surface area contributed by atoms with Gasteiger partial charge in [-0.15, -0.1) is 0 Å². The Hall–Kier alpha value is -1.99. The third-order valence-corrected chi connectivity index (χ3v) is 4.06. The van der Waals surface area contributed by atoms with Crippen LogP contribution in [0.4, 0.5) is 4.79 Å². The van der Waals surface area contributed by atoms with Crippen LogP contribution in [0.15, 0.2) is 4.99 Å². The zero-order valence-corrected chi connectivity index (χ0v) is 16.5. The fourth-order valence-corrected chi connectivity index (χ4v) is 2.70. The first-order valence-corrected chi connectivity index (χ1v) is 8.56. The second-order valence-corrected chi connectivity index (χ2v) is 7.39. The van der Waals surface area contributed by atoms with Crippen molar-refractivity contribution in [1.82, 2.24) is 15.1 Å². The molecular weight excluding hydrogens is 324 g/mol. The van der Waals surface area contributed by atoms with Crippen LogP contribution < -0.4 is 5.32 Å². The van der Waals surface area contributed by atoms with E-state index in [1.54, 1.807) is 14.1 Å². The molecule has 1 N–H and O–H groups in total. The molecular formula is C17H32N4O4. The minimum absolute atomic E-state index is 0.145. The number of likely N-dealkylation sites (N-methyl/N-ethyl adjacent to an activating group) is 1. The van der Waals surface area contributed by atoms with Crippen LogP contribution in [0.1, 0.15) is 27.7 Å². The summed E-state index contributed by atoms with van der Waals surface area (Å²) in [5, 5.41) is 3.23. The Morgan fingerprint density at radius 3 is 2.48 bits per heavy atom. The van der Waals surface area contributed by atoms with Gasteiger partial charge in [-0.1, -0.05) is 6.92 Å². The molecule has 0 radical (unpaired) electrons. The largest absolute Gasteiger partial charge is 0.469 e. The number of carbonyl (C=O) groups excluding carboxylic acids is 2. The van der Waals surface area contributed by atoms with E-state index in [2.05, 4.69) is 10.3 Å². The van der Waals surface area contributed by atoms with Crippen molar-refractivity contribution in [3.05, 3.63) is 0 Å². The number of ether oxygens (including phenoxy) is 2. The average Bonchev–Trinajstić information content (AvgIpc) is 2.90. The number of rotatable bonds is 4. The molecule has 8 nitrogen and oxygen atoms in total. The van der Waals surface area contributed by atoms with Crippen molar-refractivity contribution < 1.29 is 19.1 Å². The first-order valence-electron chi connectivity index (χ1n) is 8.56. The normalized spacial score (nSPS) is 21.1. The number of carbonyl (C=O) groups is 2. The maximum atomic E-state index is 11.9. The summed E-state index contributed by atoms with van der Waals surface area (Å²) in [6.45, 7) is 9.89. The molecule has 0 saturated carbocycles. The van der Waals surface area contributed by atoms with Gasteiger partial charge in [0, 0.05) is 40.3 Å². The van der Waals surface area contributed by atoms with Gasteiger partial charge in [-0.05, 0) is 26.7 Å². The van der Waals surface area contributed by atoms with Gasteiger partial charge < -0.3 is 24.6 Å². The molecule has 0 aromatic heterocycles. The maximum absolute atomic E-state index is 11.9. The highest BCUT2D eigenvalue weighted by molar-refractivity contribution is 5.82. The summed E-state index contributed by atoms with van der Waals surface area (Å²) < 4.78 is 10.2. The molecule has 1 amide bonds. The average molecular weight is 356 g/mol. The summed E-state index contributed by atoms with van der Waals surface area (Å²) in [7, 11) is 4.82. The Morgan fingerprint density at radius 1 is 1.32 bits per heavy atom. The van der Waals surface area contributed by atoms with Gasteiger partial charge in [0.05, 0.1) is 13.0 Å². The number of esters is 1. The SMILES string of the molecule is CN=C(NCCN(C)C(=O)OC(C)(C)C)N1CC(C)C(C(=O)OC)C1. The summed E-state index contributed by atoms with van der Waals surface area (Å²) in [6, 6.07) is 0. The van der Waals surface area contributed by atoms with Crippen molar-refractivity contribution in [1.29, 1.82) is 0 Å². The van der Waals surface area contributed by atoms with E-state index in [0.717, 1.165) is 12.5 Å². The maximum Gasteiger partial charge on any atom is 0.410 e. The highest BCUT2D eigenvalue weighted by atomic mass is 16.6. The number of likely N-dealkylation sites (tertiary alicyclic amines) is 1. The monoisotopic (exact) mass is 356 g/mol. The van der Waals surface area contributed by atoms with E-state index in [0.29, 0.717) is 19.6 Å². The Morgan fingerprint density at radius 2 is 1.96 bits per heavy atom. The van der Waals surface area contributed by atoms with Crippen LogP contribution >= 0.6 is 0 Å². The molecule has 0 aliphatic carbocycles. The van der Waals surface area contributed by atoms with E-state index >= 15 is 0 Å². The number of methoxy groups -OCH3 is 1. The van der Waals surface area contributed by atoms with Crippen LogP contribution in [0.25, 0.3) is 0 Å². The molecule has 2 unspecified atom stereocenters. The van der Waals surface area contributed by atoms with Crippen LogP contribution in [-0.4, -0.2) is 80.8 Å². The van der Waals surface area contributed by atoms with E-state index in [-0.39, 0.29) is 23.9 Å². The van der Waals surface area contributed by atoms with Gasteiger partial charge >= 0.3 is 12.1 Å². The molecule has 2 atom stereocenters. The van der Waals surface area contributed by atoms with Gasteiger partial charge in [-0.25, -0.2) is 4.79 Å². The van der Waals surface area contributed by atoms with E-state index in [9.17, 15) is 9.59 Å². The van der Waals surface area contributed by atoms with Gasteiger partial charge in [0.25, 0.3) is 0 Å². The van der Waals surface area contributed by atoms with Crippen LogP contribution in [0, 0.1) is 11.8 Å². The number of nitrogens with zero attached hydrogens (tertiary/aromatic N) is 3. The number of guanidine groups is 1. The second kappa shape index (κ2) is 8.92. The Labute approximate surface area is 150 Å². The van der Waals surface area contributed by atoms with Gasteiger partial charge in [0.1, 0.15) is 5.60 Å². The number of aliphatic imine (C=N–C) groups is 1. The summed E-state index contributed by atoms with van der Waals surface area (Å²) >= 11 is 0. The quantitative estimate of drug-likeness (QED) is 0.462. The molecule has 0 aromatic rings. The molecule has 1 fully saturated rings. The minimum Gasteiger partial charge on any atom is -0.469 e. The zero-order valence-electron chi connectivity index (χ0n) is 16.5. The highest BCUT2D eigenvalue weighted by Crippen LogP contribution is 2.24. The third kappa shape index (κ3) is 6.43. The van der Waals surface area contributed by atoms with Gasteiger partial charge in [0.15, 0.2) is 5.96 Å². The lowest BCUT2D eigenvalue weighted by atomic mass is 9.99. The zero-order chi connectivity index (χ0) is 19.2. The molecule has 0 bridgehead atoms. The number of amides is 1. The highest BCUT2D eigenvalue weighted by Gasteiger charge is 2.36. The van der Waals surface area contributed by atoms with Gasteiger partial charge in [-0.3, -0.25) is 9.79 Å². The summed E-state index contributed by atoms with van der Waals surface area (Å²) in [4.78, 5) is 31.6. The first kappa shape index (κ1) is 21.1. The molecule has 1 heterocycles. The van der Waals surface area contributed by atoms with Crippen molar-refractivity contribution >= 4 is 18.0 Å². The molecule has 8 heteroatoms. The predicted octanol–water partition coefficient (Wildman–Crippen LogP) is 1.17. The minimum atomic E-state index is -0.511. The third-order valence-electron chi connectivity index (χ3n) is 4.06. The van der Waals surface area contributed by atoms with Crippen molar-refractivity contribution in [3.63, 3.8) is 0 Å². The molecule has 1 aliphatic rings. The summed E-state index contributed by atoms with van der Waals surface area (Å²) in [6.07, 6.45) is -0.357. The van der Waals surface area contributed by atoms with E-state index in [4.69, 9.17) is 9.47 Å². The topological polar surface area (TPSA) is 83.5 Å². The fraction of sp³-hybridized carbons (Fsp3) is 0.824. The lowest BCUT2D eigenvalue weighted by Crippen LogP contribution is -2.44. The van der Waals surface area contributed by atoms with Crippen molar-refractivity contribution in [2.75, 3.05) is 47.4 Å². The van der Waals surface area contributed by atoms with Gasteiger partial charge in [-0.2, -0.15) is 0 Å². The molecule has 1 saturated heterocycles. The standard InChI is InChI=1S/C17H32N4O4/c1-12-10-21(11-13(12)14(22)24-7)15(18-5)19-8-9-20(6)16(23)25-17(2,3)4/h12-13H,8-11H2,1-7H3,(H,18,19). The summed E-state index contributed by atoms with van der Waals surface area (Å²) in [5.41, 5.74) is -0.511. The molecule has 0 aromatic carbocycles. The molecule has 1 aliphatic heterocycles. The molecule has 25 heavy (non-hydrogen) atoms. The van der Waals surface area contributed by atoms with Gasteiger partial charge in [0.2, 0.25) is 0 Å². The molecule has 1 rings (SSSR count). The smallest absolute Gasteiger partial charge is 0.410 e. The fourth-order valence-electron chi connectivity index (χ4n) is 2.70. The molecule has 144 valence electrons. The Balaban J connectivity index is 2.48. The lowest BCUT2D eigenvalue weighted by molar-refractivity contribution is -0.145. The van der Waals surface area contributed by atoms with Crippen molar-refractivity contribution in [2.45, 2.75) is 33.3 Å². The second-order valence-electron chi connectivity index (χ2n) is 7.39. The number of hydrogen-bond donors (Lipinski definition) is 1. The van der Waals surface area contributed by atoms with Crippen LogP contribution in [-0.2, 0) is 14.3 Å². The van der Waals surface area contributed by atoms with Crippen molar-refractivity contribution in [2.24, 2.45) is 16.8 Å². The lowest BCUT2D eigenvalue weighted by Gasteiger charge is -2.26. The van der Waals surface area contributed by atoms with Crippen LogP contribution in [0.3, 0.4) is 0 Å². The first-order chi connectivity index (χ1) is 11.6. The number of nitrogens with one attached hydrogen (secondary N) is 1.